The van der Waals surface area contributed by atoms with E-state index in [1.54, 1.807) is 0 Å². The second kappa shape index (κ2) is 2.02. The monoisotopic (exact) mass is 144 g/mol. The molecule has 2 nitrogen and oxygen atoms in total. The summed E-state index contributed by atoms with van der Waals surface area (Å²) in [6, 6.07) is 0. The summed E-state index contributed by atoms with van der Waals surface area (Å²) in [5, 5.41) is 0. The molecule has 0 aliphatic carbocycles. The van der Waals surface area contributed by atoms with Crippen molar-refractivity contribution >= 4 is 10.5 Å². The fourth-order valence-electron chi connectivity index (χ4n) is 0. The third kappa shape index (κ3) is 205. The summed E-state index contributed by atoms with van der Waals surface area (Å²) in [6.07, 6.45) is 0. The zero-order chi connectivity index (χ0) is 5.45. The molecule has 0 atom stereocenters. The average Bonchev–Trinajstić information content (AvgIpc) is 0.650. The molecule has 0 bridgehead atoms. The first-order chi connectivity index (χ1) is 2.24. The topological polar surface area (TPSA) is 40.1 Å². The maximum Gasteiger partial charge on any atom is 1.00 e. The van der Waals surface area contributed by atoms with Crippen molar-refractivity contribution in [1.82, 2.24) is 0 Å². The van der Waals surface area contributed by atoms with Gasteiger partial charge in [0.1, 0.15) is 0 Å². The summed E-state index contributed by atoms with van der Waals surface area (Å²) in [5.41, 5.74) is 0. The van der Waals surface area contributed by atoms with E-state index in [0.717, 1.165) is 0 Å². The molecule has 0 fully saturated rings. The van der Waals surface area contributed by atoms with Gasteiger partial charge in [-0.25, -0.2) is 0 Å². The van der Waals surface area contributed by atoms with Gasteiger partial charge < -0.3 is 4.55 Å². The van der Waals surface area contributed by atoms with Crippen molar-refractivity contribution in [2.45, 2.75) is 0 Å². The van der Waals surface area contributed by atoms with Crippen molar-refractivity contribution in [3.8, 4) is 0 Å². The van der Waals surface area contributed by atoms with Crippen molar-refractivity contribution in [2.24, 2.45) is 0 Å². The summed E-state index contributed by atoms with van der Waals surface area (Å²) in [7, 11) is -7.85. The third-order valence-corrected chi connectivity index (χ3v) is 0. The van der Waals surface area contributed by atoms with Gasteiger partial charge in [-0.1, -0.05) is 11.7 Å². The number of halogens is 3. The van der Waals surface area contributed by atoms with Gasteiger partial charge >= 0.3 is 29.6 Å². The average molecular weight is 144 g/mol. The standard InChI is InChI=1S/F3HO2S.Na/c1-6(2,3,4)5;/h(H,4,5);/q;+1/p-1. The van der Waals surface area contributed by atoms with Crippen LogP contribution in [-0.2, 0) is 10.5 Å². The van der Waals surface area contributed by atoms with Crippen LogP contribution in [0.15, 0.2) is 0 Å². The van der Waals surface area contributed by atoms with E-state index in [1.807, 2.05) is 0 Å². The normalized spacial score (nSPS) is 16.3. The van der Waals surface area contributed by atoms with Crippen molar-refractivity contribution in [1.29, 1.82) is 0 Å². The maximum absolute atomic E-state index is 10.0. The predicted molar refractivity (Wildman–Crippen MR) is 12.2 cm³/mol. The minimum atomic E-state index is -7.85. The summed E-state index contributed by atoms with van der Waals surface area (Å²) < 4.78 is 46.6. The van der Waals surface area contributed by atoms with Gasteiger partial charge in [0.05, 0.1) is 10.5 Å². The largest absolute Gasteiger partial charge is 1.00 e. The van der Waals surface area contributed by atoms with Crippen LogP contribution in [0, 0.1) is 0 Å². The Hall–Kier alpha value is 0.900. The van der Waals surface area contributed by atoms with Gasteiger partial charge in [0.2, 0.25) is 0 Å². The van der Waals surface area contributed by atoms with Crippen LogP contribution in [0.3, 0.4) is 0 Å². The Labute approximate surface area is 60.5 Å². The van der Waals surface area contributed by atoms with Crippen LogP contribution in [0.2, 0.25) is 0 Å². The van der Waals surface area contributed by atoms with Crippen LogP contribution in [0.1, 0.15) is 0 Å². The molecular weight excluding hydrogens is 144 g/mol. The minimum Gasteiger partial charge on any atom is -0.694 e. The van der Waals surface area contributed by atoms with E-state index in [0.29, 0.717) is 0 Å². The molecule has 40 valence electrons. The molecule has 7 heavy (non-hydrogen) atoms. The van der Waals surface area contributed by atoms with Gasteiger partial charge in [-0.3, -0.25) is 0 Å². The number of hydrogen-bond donors (Lipinski definition) is 0. The van der Waals surface area contributed by atoms with E-state index >= 15 is 0 Å². The molecule has 0 heterocycles. The molecule has 7 heteroatoms. The zero-order valence-electron chi connectivity index (χ0n) is 3.36. The van der Waals surface area contributed by atoms with Gasteiger partial charge in [0, 0.05) is 0 Å². The van der Waals surface area contributed by atoms with Crippen molar-refractivity contribution in [2.75, 3.05) is 0 Å². The zero-order valence-corrected chi connectivity index (χ0v) is 6.18. The van der Waals surface area contributed by atoms with E-state index in [4.69, 9.17) is 8.76 Å². The molecule has 0 unspecified atom stereocenters. The van der Waals surface area contributed by atoms with Crippen LogP contribution in [0.25, 0.3) is 0 Å². The SMILES string of the molecule is O=S([O-])(F)(F)F.[Na+]. The summed E-state index contributed by atoms with van der Waals surface area (Å²) in [6.45, 7) is 0. The fraction of sp³-hybridized carbons (Fsp3) is 0. The van der Waals surface area contributed by atoms with E-state index in [1.165, 1.54) is 0 Å². The molecule has 0 rings (SSSR count). The molecule has 0 aromatic heterocycles. The molecule has 0 spiro atoms. The molecule has 0 saturated carbocycles. The molecule has 0 aliphatic heterocycles. The molecule has 0 saturated heterocycles. The van der Waals surface area contributed by atoms with Gasteiger partial charge in [-0.15, -0.1) is 0 Å². The maximum atomic E-state index is 10.0. The Morgan fingerprint density at radius 1 is 1.29 bits per heavy atom. The molecule has 0 N–H and O–H groups in total. The van der Waals surface area contributed by atoms with Crippen molar-refractivity contribution in [3.05, 3.63) is 0 Å². The first-order valence-electron chi connectivity index (χ1n) is 0.796. The van der Waals surface area contributed by atoms with Crippen LogP contribution in [-0.4, -0.2) is 8.76 Å². The molecule has 0 aromatic rings. The van der Waals surface area contributed by atoms with E-state index in [2.05, 4.69) is 0 Å². The Morgan fingerprint density at radius 3 is 1.29 bits per heavy atom. The second-order valence-electron chi connectivity index (χ2n) is 0.621. The van der Waals surface area contributed by atoms with Crippen molar-refractivity contribution in [3.63, 3.8) is 0 Å². The molecule has 0 radical (unpaired) electrons. The van der Waals surface area contributed by atoms with Crippen LogP contribution in [0.5, 0.6) is 0 Å². The van der Waals surface area contributed by atoms with Crippen LogP contribution in [0.4, 0.5) is 11.7 Å². The Bertz CT molecular complexity index is 90.6. The van der Waals surface area contributed by atoms with E-state index in [-0.39, 0.29) is 29.6 Å². The quantitative estimate of drug-likeness (QED) is 0.281. The van der Waals surface area contributed by atoms with Gasteiger partial charge in [0.15, 0.2) is 0 Å². The second-order valence-corrected chi connectivity index (χ2v) is 1.86. The molecule has 0 amide bonds. The number of hydrogen-bond acceptors (Lipinski definition) is 2. The molecular formula is F3NaO2S. The summed E-state index contributed by atoms with van der Waals surface area (Å²) in [5.74, 6) is 0. The molecule has 0 aliphatic rings. The van der Waals surface area contributed by atoms with Crippen molar-refractivity contribution < 1.29 is 50.0 Å². The first kappa shape index (κ1) is 10.8. The van der Waals surface area contributed by atoms with Gasteiger partial charge in [-0.2, -0.15) is 4.21 Å². The first-order valence-corrected chi connectivity index (χ1v) is 2.39. The smallest absolute Gasteiger partial charge is 0.694 e. The van der Waals surface area contributed by atoms with E-state index < -0.39 is 10.5 Å². The Kier molecular flexibility index (Phi) is 3.12. The Morgan fingerprint density at radius 2 is 1.29 bits per heavy atom. The molecule has 0 aromatic carbocycles. The fourth-order valence-corrected chi connectivity index (χ4v) is 0. The third-order valence-electron chi connectivity index (χ3n) is 0. The predicted octanol–water partition coefficient (Wildman–Crippen LogP) is -2.41. The Balaban J connectivity index is 0. The van der Waals surface area contributed by atoms with Crippen LogP contribution < -0.4 is 29.6 Å². The van der Waals surface area contributed by atoms with Gasteiger partial charge in [0.25, 0.3) is 0 Å². The minimum absolute atomic E-state index is 0. The van der Waals surface area contributed by atoms with E-state index in [9.17, 15) is 11.7 Å². The number of rotatable bonds is 0. The van der Waals surface area contributed by atoms with Crippen LogP contribution >= 0.6 is 0 Å². The van der Waals surface area contributed by atoms with Gasteiger partial charge in [-0.05, 0) is 0 Å². The summed E-state index contributed by atoms with van der Waals surface area (Å²) in [4.78, 5) is 0. The summed E-state index contributed by atoms with van der Waals surface area (Å²) >= 11 is 0.